The third-order valence-electron chi connectivity index (χ3n) is 3.75. The van der Waals surface area contributed by atoms with Crippen molar-refractivity contribution >= 4 is 17.4 Å². The van der Waals surface area contributed by atoms with Crippen LogP contribution in [0.3, 0.4) is 0 Å². The normalized spacial score (nSPS) is 13.9. The van der Waals surface area contributed by atoms with Crippen molar-refractivity contribution in [2.45, 2.75) is 32.6 Å². The van der Waals surface area contributed by atoms with Gasteiger partial charge in [-0.25, -0.2) is 15.8 Å². The standard InChI is InChI=1S/C15H17ClN4/c1-9-6-7-10(8-12(9)16)14-18-13-5-3-2-4-11(13)15(19-14)20-17/h6-8H,2-5,17H2,1H3,(H,18,19,20). The lowest BCUT2D eigenvalue weighted by Crippen LogP contribution is -2.17. The molecule has 0 spiro atoms. The van der Waals surface area contributed by atoms with Crippen LogP contribution < -0.4 is 11.3 Å². The highest BCUT2D eigenvalue weighted by Gasteiger charge is 2.18. The van der Waals surface area contributed by atoms with E-state index in [2.05, 4.69) is 10.4 Å². The first kappa shape index (κ1) is 13.3. The van der Waals surface area contributed by atoms with Crippen molar-refractivity contribution in [2.24, 2.45) is 5.84 Å². The number of aryl methyl sites for hydroxylation is 2. The predicted octanol–water partition coefficient (Wildman–Crippen LogP) is 3.27. The van der Waals surface area contributed by atoms with Crippen molar-refractivity contribution in [3.05, 3.63) is 40.0 Å². The number of rotatable bonds is 2. The molecule has 5 heteroatoms. The van der Waals surface area contributed by atoms with Crippen molar-refractivity contribution in [3.63, 3.8) is 0 Å². The summed E-state index contributed by atoms with van der Waals surface area (Å²) < 4.78 is 0. The topological polar surface area (TPSA) is 63.8 Å². The Morgan fingerprint density at radius 2 is 2.00 bits per heavy atom. The highest BCUT2D eigenvalue weighted by atomic mass is 35.5. The SMILES string of the molecule is Cc1ccc(-c2nc3c(c(NN)n2)CCCC3)cc1Cl. The van der Waals surface area contributed by atoms with Gasteiger partial charge < -0.3 is 5.43 Å². The maximum absolute atomic E-state index is 6.18. The monoisotopic (exact) mass is 288 g/mol. The number of nitrogens with one attached hydrogen (secondary N) is 1. The molecule has 0 unspecified atom stereocenters. The largest absolute Gasteiger partial charge is 0.308 e. The van der Waals surface area contributed by atoms with E-state index in [1.807, 2.05) is 25.1 Å². The summed E-state index contributed by atoms with van der Waals surface area (Å²) in [5.74, 6) is 7.03. The first-order chi connectivity index (χ1) is 9.69. The molecular weight excluding hydrogens is 272 g/mol. The molecule has 104 valence electrons. The number of fused-ring (bicyclic) bond motifs is 1. The molecule has 0 amide bonds. The maximum atomic E-state index is 6.18. The lowest BCUT2D eigenvalue weighted by molar-refractivity contribution is 0.665. The van der Waals surface area contributed by atoms with Gasteiger partial charge in [-0.1, -0.05) is 23.7 Å². The van der Waals surface area contributed by atoms with Gasteiger partial charge >= 0.3 is 0 Å². The van der Waals surface area contributed by atoms with E-state index in [-0.39, 0.29) is 0 Å². The van der Waals surface area contributed by atoms with E-state index in [9.17, 15) is 0 Å². The second kappa shape index (κ2) is 5.38. The molecule has 0 fully saturated rings. The van der Waals surface area contributed by atoms with E-state index in [1.54, 1.807) is 0 Å². The number of nitrogens with two attached hydrogens (primary N) is 1. The van der Waals surface area contributed by atoms with Gasteiger partial charge in [0, 0.05) is 21.8 Å². The first-order valence-electron chi connectivity index (χ1n) is 6.82. The smallest absolute Gasteiger partial charge is 0.161 e. The summed E-state index contributed by atoms with van der Waals surface area (Å²) >= 11 is 6.18. The summed E-state index contributed by atoms with van der Waals surface area (Å²) in [7, 11) is 0. The Kier molecular flexibility index (Phi) is 3.59. The van der Waals surface area contributed by atoms with Crippen LogP contribution in [0.2, 0.25) is 5.02 Å². The minimum Gasteiger partial charge on any atom is -0.308 e. The first-order valence-corrected chi connectivity index (χ1v) is 7.20. The van der Waals surface area contributed by atoms with Gasteiger partial charge in [0.25, 0.3) is 0 Å². The fourth-order valence-corrected chi connectivity index (χ4v) is 2.76. The number of aromatic nitrogens is 2. The Hall–Kier alpha value is -1.65. The average Bonchev–Trinajstić information content (AvgIpc) is 2.49. The van der Waals surface area contributed by atoms with Gasteiger partial charge in [0.05, 0.1) is 0 Å². The predicted molar refractivity (Wildman–Crippen MR) is 81.7 cm³/mol. The number of nitrogens with zero attached hydrogens (tertiary/aromatic N) is 2. The molecule has 1 aromatic carbocycles. The molecular formula is C15H17ClN4. The van der Waals surface area contributed by atoms with Crippen molar-refractivity contribution in [1.82, 2.24) is 9.97 Å². The van der Waals surface area contributed by atoms with Crippen molar-refractivity contribution in [1.29, 1.82) is 0 Å². The van der Waals surface area contributed by atoms with Crippen molar-refractivity contribution < 1.29 is 0 Å². The number of halogens is 1. The van der Waals surface area contributed by atoms with Gasteiger partial charge in [0.2, 0.25) is 0 Å². The second-order valence-electron chi connectivity index (χ2n) is 5.14. The number of anilines is 1. The van der Waals surface area contributed by atoms with Crippen LogP contribution in [-0.2, 0) is 12.8 Å². The Morgan fingerprint density at radius 1 is 1.20 bits per heavy atom. The molecule has 1 aliphatic carbocycles. The number of hydrogen-bond acceptors (Lipinski definition) is 4. The summed E-state index contributed by atoms with van der Waals surface area (Å²) in [5, 5.41) is 0.728. The molecule has 0 atom stereocenters. The molecule has 0 aliphatic heterocycles. The van der Waals surface area contributed by atoms with Crippen LogP contribution in [-0.4, -0.2) is 9.97 Å². The molecule has 3 N–H and O–H groups in total. The zero-order valence-corrected chi connectivity index (χ0v) is 12.2. The van der Waals surface area contributed by atoms with E-state index in [0.29, 0.717) is 5.82 Å². The van der Waals surface area contributed by atoms with Crippen LogP contribution in [0.1, 0.15) is 29.7 Å². The number of benzene rings is 1. The molecule has 1 heterocycles. The second-order valence-corrected chi connectivity index (χ2v) is 5.54. The number of hydrazine groups is 1. The molecule has 0 saturated heterocycles. The van der Waals surface area contributed by atoms with Crippen molar-refractivity contribution in [2.75, 3.05) is 5.43 Å². The van der Waals surface area contributed by atoms with Gasteiger partial charge in [-0.15, -0.1) is 0 Å². The summed E-state index contributed by atoms with van der Waals surface area (Å²) in [6.07, 6.45) is 4.31. The molecule has 0 bridgehead atoms. The van der Waals surface area contributed by atoms with E-state index >= 15 is 0 Å². The summed E-state index contributed by atoms with van der Waals surface area (Å²) in [4.78, 5) is 9.24. The van der Waals surface area contributed by atoms with Crippen LogP contribution in [0, 0.1) is 6.92 Å². The lowest BCUT2D eigenvalue weighted by Gasteiger charge is -2.18. The Balaban J connectivity index is 2.11. The lowest BCUT2D eigenvalue weighted by atomic mass is 9.96. The minimum absolute atomic E-state index is 0.681. The van der Waals surface area contributed by atoms with E-state index < -0.39 is 0 Å². The molecule has 0 saturated carbocycles. The van der Waals surface area contributed by atoms with Gasteiger partial charge in [0.1, 0.15) is 5.82 Å². The summed E-state index contributed by atoms with van der Waals surface area (Å²) in [6, 6.07) is 5.88. The molecule has 3 rings (SSSR count). The zero-order valence-electron chi connectivity index (χ0n) is 11.4. The van der Waals surface area contributed by atoms with Gasteiger partial charge in [0.15, 0.2) is 5.82 Å². The van der Waals surface area contributed by atoms with E-state index in [4.69, 9.17) is 22.4 Å². The number of hydrogen-bond donors (Lipinski definition) is 2. The fraction of sp³-hybridized carbons (Fsp3) is 0.333. The number of nitrogen functional groups attached to an aromatic ring is 1. The molecule has 20 heavy (non-hydrogen) atoms. The van der Waals surface area contributed by atoms with Crippen LogP contribution in [0.5, 0.6) is 0 Å². The Labute approximate surface area is 123 Å². The fourth-order valence-electron chi connectivity index (χ4n) is 2.57. The highest BCUT2D eigenvalue weighted by Crippen LogP contribution is 2.29. The maximum Gasteiger partial charge on any atom is 0.161 e. The van der Waals surface area contributed by atoms with Crippen molar-refractivity contribution in [3.8, 4) is 11.4 Å². The molecule has 1 aliphatic rings. The molecule has 0 radical (unpaired) electrons. The molecule has 4 nitrogen and oxygen atoms in total. The van der Waals surface area contributed by atoms with E-state index in [0.717, 1.165) is 46.1 Å². The quantitative estimate of drug-likeness (QED) is 0.657. The van der Waals surface area contributed by atoms with E-state index in [1.165, 1.54) is 12.8 Å². The minimum atomic E-state index is 0.681. The third kappa shape index (κ3) is 2.37. The summed E-state index contributed by atoms with van der Waals surface area (Å²) in [6.45, 7) is 1.98. The zero-order chi connectivity index (χ0) is 14.1. The average molecular weight is 289 g/mol. The van der Waals surface area contributed by atoms with Crippen LogP contribution >= 0.6 is 11.6 Å². The third-order valence-corrected chi connectivity index (χ3v) is 4.16. The Morgan fingerprint density at radius 3 is 2.75 bits per heavy atom. The summed E-state index contributed by atoms with van der Waals surface area (Å²) in [5.41, 5.74) is 6.93. The molecule has 1 aromatic heterocycles. The van der Waals surface area contributed by atoms with Gasteiger partial charge in [-0.3, -0.25) is 0 Å². The molecule has 2 aromatic rings. The van der Waals surface area contributed by atoms with Gasteiger partial charge in [-0.05, 0) is 44.2 Å². The Bertz CT molecular complexity index is 637. The van der Waals surface area contributed by atoms with Crippen LogP contribution in [0.15, 0.2) is 18.2 Å². The van der Waals surface area contributed by atoms with Crippen LogP contribution in [0.4, 0.5) is 5.82 Å². The van der Waals surface area contributed by atoms with Crippen LogP contribution in [0.25, 0.3) is 11.4 Å². The van der Waals surface area contributed by atoms with Gasteiger partial charge in [-0.2, -0.15) is 0 Å². The highest BCUT2D eigenvalue weighted by molar-refractivity contribution is 6.31.